The first kappa shape index (κ1) is 28.2. The maximum Gasteiger partial charge on any atom is 0.330 e. The fraction of sp³-hybridized carbons (Fsp3) is 0.714. The zero-order chi connectivity index (χ0) is 25.4. The van der Waals surface area contributed by atoms with Gasteiger partial charge in [-0.05, 0) is 20.8 Å². The van der Waals surface area contributed by atoms with Crippen molar-refractivity contribution in [3.8, 4) is 0 Å². The van der Waals surface area contributed by atoms with Crippen LogP contribution in [0.4, 0.5) is 0 Å². The van der Waals surface area contributed by atoms with E-state index in [0.29, 0.717) is 0 Å². The van der Waals surface area contributed by atoms with Crippen LogP contribution in [-0.2, 0) is 36.3 Å². The highest BCUT2D eigenvalue weighted by atomic mass is 31.3. The SMILES string of the molecule is C[C@@H]1C(OC(C)(C)C)[C@H](n2ccc(=O)[nH]c2=O)O[C@@H]1COP(=O)([O-])OP(=O)([O-])OP(=O)([O-])O. The second-order valence-electron chi connectivity index (χ2n) is 7.96. The molecule has 2 heterocycles. The van der Waals surface area contributed by atoms with E-state index in [1.54, 1.807) is 27.7 Å². The normalized spacial score (nSPS) is 29.2. The number of ether oxygens (including phenoxy) is 2. The molecule has 0 aliphatic carbocycles. The topological polar surface area (TPSA) is 242 Å². The van der Waals surface area contributed by atoms with E-state index in [9.17, 15) is 38.0 Å². The minimum atomic E-state index is -6.04. The maximum atomic E-state index is 12.2. The monoisotopic (exact) mass is 535 g/mol. The third kappa shape index (κ3) is 8.62. The van der Waals surface area contributed by atoms with E-state index in [0.717, 1.165) is 16.8 Å². The second-order valence-corrected chi connectivity index (χ2v) is 12.2. The molecule has 1 aliphatic rings. The molecule has 2 rings (SSSR count). The number of hydrogen-bond acceptors (Lipinski definition) is 13. The third-order valence-electron chi connectivity index (χ3n) is 4.11. The fourth-order valence-corrected chi connectivity index (χ4v) is 5.82. The van der Waals surface area contributed by atoms with Crippen molar-refractivity contribution in [2.24, 2.45) is 5.92 Å². The first-order valence-electron chi connectivity index (χ1n) is 9.16. The Labute approximate surface area is 186 Å². The molecule has 19 heteroatoms. The lowest BCUT2D eigenvalue weighted by Gasteiger charge is -2.33. The fourth-order valence-electron chi connectivity index (χ4n) is 2.92. The van der Waals surface area contributed by atoms with Gasteiger partial charge in [-0.3, -0.25) is 28.0 Å². The molecular weight excluding hydrogens is 513 g/mol. The van der Waals surface area contributed by atoms with E-state index in [2.05, 4.69) is 18.1 Å². The largest absolute Gasteiger partial charge is 0.756 e. The molecule has 0 spiro atoms. The van der Waals surface area contributed by atoms with E-state index in [4.69, 9.17) is 14.4 Å². The van der Waals surface area contributed by atoms with Crippen molar-refractivity contribution < 1.29 is 55.9 Å². The van der Waals surface area contributed by atoms with Crippen molar-refractivity contribution >= 4 is 23.5 Å². The third-order valence-corrected chi connectivity index (χ3v) is 7.81. The molecule has 1 aromatic heterocycles. The van der Waals surface area contributed by atoms with Crippen LogP contribution < -0.4 is 25.9 Å². The smallest absolute Gasteiger partial charge is 0.330 e. The minimum Gasteiger partial charge on any atom is -0.756 e. The molecule has 0 radical (unpaired) electrons. The molecule has 16 nitrogen and oxygen atoms in total. The van der Waals surface area contributed by atoms with Crippen LogP contribution in [0.5, 0.6) is 0 Å². The summed E-state index contributed by atoms with van der Waals surface area (Å²) in [6, 6.07) is 1.06. The number of phosphoric acid groups is 3. The minimum absolute atomic E-state index is 0.636. The maximum absolute atomic E-state index is 12.2. The van der Waals surface area contributed by atoms with Crippen LogP contribution in [0.2, 0.25) is 0 Å². The summed E-state index contributed by atoms with van der Waals surface area (Å²) in [5, 5.41) is 0. The number of nitrogens with zero attached hydrogens (tertiary/aromatic N) is 1. The molecule has 1 aliphatic heterocycles. The Morgan fingerprint density at radius 3 is 2.27 bits per heavy atom. The van der Waals surface area contributed by atoms with E-state index in [1.807, 2.05) is 0 Å². The first-order chi connectivity index (χ1) is 14.8. The van der Waals surface area contributed by atoms with Gasteiger partial charge in [-0.2, -0.15) is 0 Å². The van der Waals surface area contributed by atoms with Gasteiger partial charge >= 0.3 is 5.69 Å². The number of nitrogens with one attached hydrogen (secondary N) is 1. The van der Waals surface area contributed by atoms with Crippen LogP contribution in [0.25, 0.3) is 0 Å². The van der Waals surface area contributed by atoms with Gasteiger partial charge in [-0.25, -0.2) is 13.4 Å². The molecule has 0 aromatic carbocycles. The summed E-state index contributed by atoms with van der Waals surface area (Å²) in [6.45, 7) is 5.92. The van der Waals surface area contributed by atoms with Crippen LogP contribution >= 0.6 is 23.5 Å². The number of rotatable bonds is 9. The number of aromatic amines is 1. The zero-order valence-corrected chi connectivity index (χ0v) is 20.4. The number of phosphoric ester groups is 1. The Balaban J connectivity index is 2.21. The number of hydrogen-bond donors (Lipinski definition) is 2. The van der Waals surface area contributed by atoms with Crippen LogP contribution in [-0.4, -0.2) is 38.9 Å². The van der Waals surface area contributed by atoms with Gasteiger partial charge in [0.15, 0.2) is 6.23 Å². The molecule has 33 heavy (non-hydrogen) atoms. The van der Waals surface area contributed by atoms with Crippen LogP contribution in [0, 0.1) is 5.92 Å². The number of H-pyrrole nitrogens is 1. The highest BCUT2D eigenvalue weighted by molar-refractivity contribution is 7.65. The summed E-state index contributed by atoms with van der Waals surface area (Å²) >= 11 is 0. The molecule has 0 saturated carbocycles. The average Bonchev–Trinajstić information content (AvgIpc) is 2.84. The van der Waals surface area contributed by atoms with Crippen molar-refractivity contribution in [3.05, 3.63) is 33.1 Å². The van der Waals surface area contributed by atoms with Gasteiger partial charge in [-0.1, -0.05) is 6.92 Å². The van der Waals surface area contributed by atoms with Crippen molar-refractivity contribution in [1.82, 2.24) is 9.55 Å². The average molecular weight is 535 g/mol. The number of aromatic nitrogens is 2. The lowest BCUT2D eigenvalue weighted by Crippen LogP contribution is -2.40. The standard InChI is InChI=1S/C14H25N2O14P3/c1-8-9(7-26-32(22,23)30-33(24,25)29-31(19,20)21)27-12(11(8)28-14(2,3)4)16-6-5-10(17)15-13(16)18/h5-6,8-9,11-12H,7H2,1-4H3,(H,22,23)(H,24,25)(H,15,17,18)(H2,19,20,21)/p-3/t8-,9+,11?,12+/m0/s1. The predicted octanol–water partition coefficient (Wildman–Crippen LogP) is -1.30. The zero-order valence-electron chi connectivity index (χ0n) is 17.7. The van der Waals surface area contributed by atoms with E-state index in [-0.39, 0.29) is 0 Å². The van der Waals surface area contributed by atoms with Crippen molar-refractivity contribution in [1.29, 1.82) is 0 Å². The highest BCUT2D eigenvalue weighted by Crippen LogP contribution is 2.61. The molecule has 4 unspecified atom stereocenters. The molecule has 0 bridgehead atoms. The lowest BCUT2D eigenvalue weighted by atomic mass is 9.99. The Morgan fingerprint density at radius 2 is 1.76 bits per heavy atom. The van der Waals surface area contributed by atoms with E-state index in [1.165, 1.54) is 0 Å². The molecule has 0 amide bonds. The van der Waals surface area contributed by atoms with Gasteiger partial charge in [0.2, 0.25) is 0 Å². The van der Waals surface area contributed by atoms with Crippen LogP contribution in [0.3, 0.4) is 0 Å². The molecule has 190 valence electrons. The Morgan fingerprint density at radius 1 is 1.15 bits per heavy atom. The van der Waals surface area contributed by atoms with Crippen molar-refractivity contribution in [2.45, 2.75) is 51.7 Å². The Hall–Kier alpha value is -0.990. The molecule has 1 fully saturated rings. The van der Waals surface area contributed by atoms with Crippen LogP contribution in [0.15, 0.2) is 21.9 Å². The summed E-state index contributed by atoms with van der Waals surface area (Å²) < 4.78 is 57.6. The Bertz CT molecular complexity index is 1100. The predicted molar refractivity (Wildman–Crippen MR) is 102 cm³/mol. The van der Waals surface area contributed by atoms with Gasteiger partial charge in [0.25, 0.3) is 29.0 Å². The highest BCUT2D eigenvalue weighted by Gasteiger charge is 2.46. The molecule has 1 aromatic rings. The van der Waals surface area contributed by atoms with Gasteiger partial charge in [0.05, 0.1) is 18.3 Å². The second kappa shape index (κ2) is 9.94. The molecular formula is C14H22N2O14P3-3. The van der Waals surface area contributed by atoms with Gasteiger partial charge < -0.3 is 33.6 Å². The molecule has 7 atom stereocenters. The van der Waals surface area contributed by atoms with E-state index >= 15 is 0 Å². The molecule has 2 N–H and O–H groups in total. The first-order valence-corrected chi connectivity index (χ1v) is 13.6. The van der Waals surface area contributed by atoms with Gasteiger partial charge in [-0.15, -0.1) is 0 Å². The summed E-state index contributed by atoms with van der Waals surface area (Å²) in [6.07, 6.45) is -1.91. The molecule has 1 saturated heterocycles. The summed E-state index contributed by atoms with van der Waals surface area (Å²) in [7, 11) is -17.6. The van der Waals surface area contributed by atoms with E-state index < -0.39 is 71.3 Å². The summed E-state index contributed by atoms with van der Waals surface area (Å²) in [5.41, 5.74) is -2.21. The summed E-state index contributed by atoms with van der Waals surface area (Å²) in [5.74, 6) is -0.636. The van der Waals surface area contributed by atoms with Crippen molar-refractivity contribution in [2.75, 3.05) is 6.61 Å². The van der Waals surface area contributed by atoms with Gasteiger partial charge in [0, 0.05) is 18.2 Å². The Kier molecular flexibility index (Phi) is 8.51. The lowest BCUT2D eigenvalue weighted by molar-refractivity contribution is -0.250. The summed E-state index contributed by atoms with van der Waals surface area (Å²) in [4.78, 5) is 67.7. The van der Waals surface area contributed by atoms with Crippen LogP contribution in [0.1, 0.15) is 33.9 Å². The van der Waals surface area contributed by atoms with Crippen molar-refractivity contribution in [3.63, 3.8) is 0 Å². The van der Waals surface area contributed by atoms with Gasteiger partial charge in [0.1, 0.15) is 6.10 Å². The quantitative estimate of drug-likeness (QED) is 0.349.